The first kappa shape index (κ1) is 23.9. The number of carbonyl (C=O) groups excluding carboxylic acids is 1. The molecule has 34 heavy (non-hydrogen) atoms. The Morgan fingerprint density at radius 2 is 2.03 bits per heavy atom. The van der Waals surface area contributed by atoms with Crippen molar-refractivity contribution >= 4 is 29.1 Å². The van der Waals surface area contributed by atoms with Gasteiger partial charge in [-0.3, -0.25) is 9.69 Å². The third kappa shape index (κ3) is 4.42. The Bertz CT molecular complexity index is 1170. The molecule has 3 heterocycles. The Kier molecular flexibility index (Phi) is 6.21. The summed E-state index contributed by atoms with van der Waals surface area (Å²) in [6.07, 6.45) is 0.807. The maximum Gasteiger partial charge on any atom is 0.336 e. The van der Waals surface area contributed by atoms with Crippen LogP contribution in [-0.4, -0.2) is 64.9 Å². The van der Waals surface area contributed by atoms with Crippen molar-refractivity contribution in [3.63, 3.8) is 0 Å². The topological polar surface area (TPSA) is 104 Å². The van der Waals surface area contributed by atoms with Gasteiger partial charge in [0.05, 0.1) is 19.2 Å². The number of esters is 1. The standard InChI is InChI=1S/C22H21F3N4O4S/c1-21(12-3-5-13(23)6-4-12)16(19(30)31)14(27-17(28-21)18-26-7-8-34-18)10-29-11-22(24,25)9-15(29)20(32)33-2/h3-8,15H,9-11H2,1-2H3,(H,27,28)(H,30,31). The average molecular weight is 494 g/mol. The summed E-state index contributed by atoms with van der Waals surface area (Å²) >= 11 is 1.25. The van der Waals surface area contributed by atoms with Crippen LogP contribution in [0, 0.1) is 5.82 Å². The van der Waals surface area contributed by atoms with Gasteiger partial charge in [0.15, 0.2) is 10.8 Å². The molecule has 1 aromatic heterocycles. The van der Waals surface area contributed by atoms with Crippen molar-refractivity contribution in [3.05, 3.63) is 63.5 Å². The number of rotatable bonds is 6. The van der Waals surface area contributed by atoms with Gasteiger partial charge in [-0.25, -0.2) is 27.9 Å². The highest BCUT2D eigenvalue weighted by Gasteiger charge is 2.50. The molecule has 0 saturated carbocycles. The van der Waals surface area contributed by atoms with E-state index in [0.29, 0.717) is 10.6 Å². The Balaban J connectivity index is 1.83. The highest BCUT2D eigenvalue weighted by Crippen LogP contribution is 2.40. The van der Waals surface area contributed by atoms with Gasteiger partial charge in [-0.05, 0) is 24.6 Å². The van der Waals surface area contributed by atoms with Crippen LogP contribution in [0.25, 0.3) is 0 Å². The number of methoxy groups -OCH3 is 1. The van der Waals surface area contributed by atoms with E-state index < -0.39 is 48.2 Å². The summed E-state index contributed by atoms with van der Waals surface area (Å²) in [6, 6.07) is 3.98. The van der Waals surface area contributed by atoms with Crippen LogP contribution in [-0.2, 0) is 19.9 Å². The van der Waals surface area contributed by atoms with E-state index in [-0.39, 0.29) is 23.7 Å². The number of aliphatic carboxylic acids is 1. The van der Waals surface area contributed by atoms with Gasteiger partial charge in [-0.15, -0.1) is 11.3 Å². The van der Waals surface area contributed by atoms with E-state index >= 15 is 0 Å². The van der Waals surface area contributed by atoms with Crippen LogP contribution in [0.2, 0.25) is 0 Å². The summed E-state index contributed by atoms with van der Waals surface area (Å²) in [5, 5.41) is 15.3. The van der Waals surface area contributed by atoms with Gasteiger partial charge in [-0.1, -0.05) is 12.1 Å². The predicted molar refractivity (Wildman–Crippen MR) is 117 cm³/mol. The van der Waals surface area contributed by atoms with Crippen LogP contribution in [0.1, 0.15) is 23.9 Å². The number of carboxylic acids is 1. The maximum atomic E-state index is 14.2. The minimum atomic E-state index is -3.15. The Labute approximate surface area is 196 Å². The number of likely N-dealkylation sites (tertiary alicyclic amines) is 1. The molecule has 0 bridgehead atoms. The number of thiazole rings is 1. The van der Waals surface area contributed by atoms with Crippen LogP contribution >= 0.6 is 11.3 Å². The predicted octanol–water partition coefficient (Wildman–Crippen LogP) is 2.77. The number of carbonyl (C=O) groups is 2. The summed E-state index contributed by atoms with van der Waals surface area (Å²) in [7, 11) is 1.11. The fraction of sp³-hybridized carbons (Fsp3) is 0.364. The third-order valence-electron chi connectivity index (χ3n) is 5.85. The second-order valence-corrected chi connectivity index (χ2v) is 9.06. The Morgan fingerprint density at radius 1 is 1.32 bits per heavy atom. The van der Waals surface area contributed by atoms with E-state index in [4.69, 9.17) is 0 Å². The van der Waals surface area contributed by atoms with E-state index in [1.54, 1.807) is 18.5 Å². The van der Waals surface area contributed by atoms with E-state index in [1.165, 1.54) is 40.5 Å². The molecule has 0 radical (unpaired) electrons. The van der Waals surface area contributed by atoms with E-state index in [0.717, 1.165) is 7.11 Å². The van der Waals surface area contributed by atoms with Crippen LogP contribution < -0.4 is 5.32 Å². The zero-order valence-corrected chi connectivity index (χ0v) is 19.0. The largest absolute Gasteiger partial charge is 0.478 e. The smallest absolute Gasteiger partial charge is 0.336 e. The minimum absolute atomic E-state index is 0.0751. The minimum Gasteiger partial charge on any atom is -0.478 e. The van der Waals surface area contributed by atoms with E-state index in [9.17, 15) is 27.9 Å². The zero-order valence-electron chi connectivity index (χ0n) is 18.2. The summed E-state index contributed by atoms with van der Waals surface area (Å²) in [5.74, 6) is -5.59. The molecule has 2 aliphatic heterocycles. The number of ether oxygens (including phenoxy) is 1. The number of halogens is 3. The number of benzene rings is 1. The average Bonchev–Trinajstić information content (AvgIpc) is 3.40. The molecular weight excluding hydrogens is 473 g/mol. The first-order valence-electron chi connectivity index (χ1n) is 10.2. The number of nitrogens with one attached hydrogen (secondary N) is 1. The number of amidine groups is 1. The normalized spacial score (nSPS) is 24.5. The van der Waals surface area contributed by atoms with Crippen molar-refractivity contribution in [1.82, 2.24) is 15.2 Å². The lowest BCUT2D eigenvalue weighted by atomic mass is 9.82. The van der Waals surface area contributed by atoms with Crippen molar-refractivity contribution in [3.8, 4) is 0 Å². The molecule has 2 aliphatic rings. The monoisotopic (exact) mass is 494 g/mol. The zero-order chi connectivity index (χ0) is 24.7. The molecule has 0 aliphatic carbocycles. The van der Waals surface area contributed by atoms with Gasteiger partial charge < -0.3 is 15.2 Å². The Hall–Kier alpha value is -3.25. The number of carboxylic acid groups (broad SMARTS) is 1. The van der Waals surface area contributed by atoms with Gasteiger partial charge in [0.1, 0.15) is 17.4 Å². The molecule has 2 aromatic rings. The highest BCUT2D eigenvalue weighted by atomic mass is 32.1. The number of aliphatic imine (C=N–C) groups is 1. The lowest BCUT2D eigenvalue weighted by Crippen LogP contribution is -2.46. The molecule has 2 atom stereocenters. The summed E-state index contributed by atoms with van der Waals surface area (Å²) in [6.45, 7) is 0.495. The summed E-state index contributed by atoms with van der Waals surface area (Å²) in [4.78, 5) is 34.7. The molecule has 1 aromatic carbocycles. The SMILES string of the molecule is COC(=O)C1CC(F)(F)CN1CC1=C(C(=O)O)C(C)(c2ccc(F)cc2)N=C(c2nccs2)N1. The maximum absolute atomic E-state index is 14.2. The van der Waals surface area contributed by atoms with E-state index in [2.05, 4.69) is 20.0 Å². The number of hydrogen-bond acceptors (Lipinski definition) is 8. The second kappa shape index (κ2) is 8.84. The first-order valence-corrected chi connectivity index (χ1v) is 11.1. The fourth-order valence-electron chi connectivity index (χ4n) is 4.31. The molecule has 0 amide bonds. The van der Waals surface area contributed by atoms with Crippen molar-refractivity contribution < 1.29 is 32.6 Å². The van der Waals surface area contributed by atoms with Crippen molar-refractivity contribution in [1.29, 1.82) is 0 Å². The van der Waals surface area contributed by atoms with Crippen molar-refractivity contribution in [2.75, 3.05) is 20.2 Å². The third-order valence-corrected chi connectivity index (χ3v) is 6.63. The van der Waals surface area contributed by atoms with Gasteiger partial charge in [0, 0.05) is 30.2 Å². The molecule has 1 fully saturated rings. The van der Waals surface area contributed by atoms with Gasteiger partial charge in [-0.2, -0.15) is 0 Å². The Morgan fingerprint density at radius 3 is 2.62 bits per heavy atom. The lowest BCUT2D eigenvalue weighted by molar-refractivity contribution is -0.146. The molecular formula is C22H21F3N4O4S. The van der Waals surface area contributed by atoms with Crippen LogP contribution in [0.4, 0.5) is 13.2 Å². The fourth-order valence-corrected chi connectivity index (χ4v) is 4.89. The molecule has 4 rings (SSSR count). The van der Waals surface area contributed by atoms with E-state index in [1.807, 2.05) is 0 Å². The van der Waals surface area contributed by atoms with Gasteiger partial charge in [0.25, 0.3) is 5.92 Å². The molecule has 2 N–H and O–H groups in total. The first-order chi connectivity index (χ1) is 16.0. The molecule has 180 valence electrons. The van der Waals surface area contributed by atoms with Gasteiger partial charge in [0.2, 0.25) is 0 Å². The lowest BCUT2D eigenvalue weighted by Gasteiger charge is -2.35. The molecule has 12 heteroatoms. The summed E-state index contributed by atoms with van der Waals surface area (Å²) in [5.41, 5.74) is -1.25. The number of alkyl halides is 2. The second-order valence-electron chi connectivity index (χ2n) is 8.16. The molecule has 1 saturated heterocycles. The number of hydrogen-bond donors (Lipinski definition) is 2. The summed E-state index contributed by atoms with van der Waals surface area (Å²) < 4.78 is 46.8. The molecule has 8 nitrogen and oxygen atoms in total. The van der Waals surface area contributed by atoms with Crippen molar-refractivity contribution in [2.24, 2.45) is 4.99 Å². The van der Waals surface area contributed by atoms with Crippen LogP contribution in [0.5, 0.6) is 0 Å². The quantitative estimate of drug-likeness (QED) is 0.595. The van der Waals surface area contributed by atoms with Gasteiger partial charge >= 0.3 is 11.9 Å². The van der Waals surface area contributed by atoms with Crippen molar-refractivity contribution in [2.45, 2.75) is 30.8 Å². The number of nitrogens with zero attached hydrogens (tertiary/aromatic N) is 3. The van der Waals surface area contributed by atoms with Crippen LogP contribution in [0.3, 0.4) is 0 Å². The van der Waals surface area contributed by atoms with Crippen LogP contribution in [0.15, 0.2) is 52.1 Å². The molecule has 2 unspecified atom stereocenters. The molecule has 0 spiro atoms. The number of aromatic nitrogens is 1. The highest BCUT2D eigenvalue weighted by molar-refractivity contribution is 7.11.